The molecule has 214 valence electrons. The van der Waals surface area contributed by atoms with Crippen molar-refractivity contribution in [2.45, 2.75) is 109 Å². The van der Waals surface area contributed by atoms with Gasteiger partial charge < -0.3 is 30.1 Å². The van der Waals surface area contributed by atoms with Gasteiger partial charge in [0.15, 0.2) is 0 Å². The Morgan fingerprint density at radius 1 is 1.16 bits per heavy atom. The maximum absolute atomic E-state index is 11.6. The van der Waals surface area contributed by atoms with E-state index < -0.39 is 51.9 Å². The van der Waals surface area contributed by atoms with Gasteiger partial charge in [-0.05, 0) is 86.9 Å². The fourth-order valence-corrected chi connectivity index (χ4v) is 9.52. The topological polar surface area (TPSA) is 168 Å². The van der Waals surface area contributed by atoms with Crippen LogP contribution in [-0.4, -0.2) is 74.6 Å². The van der Waals surface area contributed by atoms with E-state index in [1.165, 1.54) is 6.92 Å². The summed E-state index contributed by atoms with van der Waals surface area (Å²) in [5.41, 5.74) is -3.49. The number of fused-ring (bicyclic) bond motifs is 5. The van der Waals surface area contributed by atoms with Crippen molar-refractivity contribution in [2.75, 3.05) is 6.61 Å². The van der Waals surface area contributed by atoms with Crippen molar-refractivity contribution in [2.24, 2.45) is 40.4 Å². The summed E-state index contributed by atoms with van der Waals surface area (Å²) in [6, 6.07) is 0. The number of aliphatic hydroxyl groups is 5. The molecule has 0 bridgehead atoms. The van der Waals surface area contributed by atoms with Crippen LogP contribution in [0.25, 0.3) is 0 Å². The quantitative estimate of drug-likeness (QED) is 0.111. The third-order valence-electron chi connectivity index (χ3n) is 11.0. The first-order valence-corrected chi connectivity index (χ1v) is 15.0. The van der Waals surface area contributed by atoms with Crippen LogP contribution in [0.4, 0.5) is 0 Å². The van der Waals surface area contributed by atoms with Gasteiger partial charge in [-0.15, -0.1) is 0 Å². The van der Waals surface area contributed by atoms with Gasteiger partial charge in [-0.3, -0.25) is 4.18 Å². The molecule has 38 heavy (non-hydrogen) atoms. The fourth-order valence-electron chi connectivity index (χ4n) is 9.12. The molecule has 0 heterocycles. The minimum absolute atomic E-state index is 0. The molecule has 5 N–H and O–H groups in total. The van der Waals surface area contributed by atoms with Crippen molar-refractivity contribution >= 4 is 10.4 Å². The average molecular weight is 569 g/mol. The summed E-state index contributed by atoms with van der Waals surface area (Å²) < 4.78 is 36.4. The molecule has 4 aliphatic rings. The van der Waals surface area contributed by atoms with Gasteiger partial charge in [-0.1, -0.05) is 32.9 Å². The van der Waals surface area contributed by atoms with Gasteiger partial charge in [0, 0.05) is 11.8 Å². The molecule has 0 aromatic carbocycles. The van der Waals surface area contributed by atoms with E-state index in [2.05, 4.69) is 25.0 Å². The first-order chi connectivity index (χ1) is 16.9. The number of hydrogen-bond donors (Lipinski definition) is 5. The number of hydrogen-bond acceptors (Lipinski definition) is 9. The molecule has 0 amide bonds. The van der Waals surface area contributed by atoms with Crippen LogP contribution in [0.5, 0.6) is 0 Å². The van der Waals surface area contributed by atoms with E-state index in [4.69, 9.17) is 0 Å². The second-order valence-electron chi connectivity index (χ2n) is 13.4. The Bertz CT molecular complexity index is 989. The van der Waals surface area contributed by atoms with E-state index in [-0.39, 0.29) is 77.4 Å². The van der Waals surface area contributed by atoms with Crippen molar-refractivity contribution in [3.63, 3.8) is 0 Å². The molecule has 0 saturated heterocycles. The predicted molar refractivity (Wildman–Crippen MR) is 135 cm³/mol. The van der Waals surface area contributed by atoms with E-state index in [0.717, 1.165) is 12.8 Å². The van der Waals surface area contributed by atoms with Gasteiger partial charge in [0.1, 0.15) is 0 Å². The minimum Gasteiger partial charge on any atom is -0.726 e. The Labute approximate surface area is 249 Å². The second-order valence-corrected chi connectivity index (χ2v) is 14.5. The van der Waals surface area contributed by atoms with Gasteiger partial charge in [-0.2, -0.15) is 0 Å². The van der Waals surface area contributed by atoms with Crippen LogP contribution in [0.1, 0.15) is 79.1 Å². The van der Waals surface area contributed by atoms with Gasteiger partial charge in [-0.25, -0.2) is 8.42 Å². The van der Waals surface area contributed by atoms with Crippen molar-refractivity contribution in [3.05, 3.63) is 12.2 Å². The van der Waals surface area contributed by atoms with Crippen molar-refractivity contribution in [1.82, 2.24) is 0 Å². The summed E-state index contributed by atoms with van der Waals surface area (Å²) in [6.07, 6.45) is 6.10. The van der Waals surface area contributed by atoms with E-state index in [9.17, 15) is 38.5 Å². The molecule has 0 aliphatic heterocycles. The maximum Gasteiger partial charge on any atom is 1.00 e. The molecule has 0 unspecified atom stereocenters. The zero-order chi connectivity index (χ0) is 27.6. The van der Waals surface area contributed by atoms with E-state index >= 15 is 0 Å². The van der Waals surface area contributed by atoms with Crippen LogP contribution in [0.3, 0.4) is 0 Å². The van der Waals surface area contributed by atoms with Gasteiger partial charge in [0.05, 0.1) is 36.1 Å². The Hall–Kier alpha value is 0.410. The zero-order valence-electron chi connectivity index (χ0n) is 23.4. The second kappa shape index (κ2) is 11.2. The van der Waals surface area contributed by atoms with Gasteiger partial charge in [0.25, 0.3) is 0 Å². The molecule has 4 rings (SSSR count). The van der Waals surface area contributed by atoms with Crippen LogP contribution in [-0.2, 0) is 14.6 Å². The van der Waals surface area contributed by atoms with Crippen LogP contribution in [0.15, 0.2) is 12.2 Å². The third kappa shape index (κ3) is 5.84. The molecule has 11 heteroatoms. The summed E-state index contributed by atoms with van der Waals surface area (Å²) in [6.45, 7) is 7.18. The fraction of sp³-hybridized carbons (Fsp3) is 0.926. The first-order valence-electron chi connectivity index (χ1n) is 13.7. The van der Waals surface area contributed by atoms with E-state index in [1.807, 2.05) is 6.08 Å². The number of allylic oxidation sites excluding steroid dienone is 1. The summed E-state index contributed by atoms with van der Waals surface area (Å²) in [4.78, 5) is 0. The molecule has 0 radical (unpaired) electrons. The molecule has 9 nitrogen and oxygen atoms in total. The van der Waals surface area contributed by atoms with Gasteiger partial charge in [0.2, 0.25) is 10.4 Å². The molecule has 12 atom stereocenters. The summed E-state index contributed by atoms with van der Waals surface area (Å²) in [7, 11) is -4.88. The molecular weight excluding hydrogens is 523 g/mol. The standard InChI is InChI=1S/C27H46O9S.Na/c1-16(6-5-9-24(2,31)15-36-37(33,34)35)20-13-21(29)23-18-12-22(30)27(32)14-17(28)7-11-26(27,4)19(18)8-10-25(20,23)3;/h5-6,16-23,28-32H,7-15H2,1-4H3,(H,33,34,35);/q;+1/p-1/b6-5+;/t16-,17+,18-,19+,20-,21+,22-,23-,24+,25-,26-,27+;/m1./s1. The Morgan fingerprint density at radius 2 is 1.82 bits per heavy atom. The van der Waals surface area contributed by atoms with Crippen molar-refractivity contribution < 1.29 is 72.2 Å². The normalized spacial score (nSPS) is 47.4. The predicted octanol–water partition coefficient (Wildman–Crippen LogP) is -1.12. The van der Waals surface area contributed by atoms with Gasteiger partial charge >= 0.3 is 29.6 Å². The largest absolute Gasteiger partial charge is 1.00 e. The third-order valence-corrected chi connectivity index (χ3v) is 11.4. The van der Waals surface area contributed by atoms with E-state index in [1.54, 1.807) is 6.08 Å². The van der Waals surface area contributed by atoms with Crippen LogP contribution >= 0.6 is 0 Å². The van der Waals surface area contributed by atoms with Crippen LogP contribution in [0.2, 0.25) is 0 Å². The van der Waals surface area contributed by atoms with Crippen LogP contribution < -0.4 is 29.6 Å². The van der Waals surface area contributed by atoms with Crippen molar-refractivity contribution in [1.29, 1.82) is 0 Å². The Kier molecular flexibility index (Phi) is 9.74. The maximum atomic E-state index is 11.6. The summed E-state index contributed by atoms with van der Waals surface area (Å²) in [5.74, 6) is 0.489. The Morgan fingerprint density at radius 3 is 2.45 bits per heavy atom. The monoisotopic (exact) mass is 568 g/mol. The smallest absolute Gasteiger partial charge is 0.726 e. The van der Waals surface area contributed by atoms with Crippen molar-refractivity contribution in [3.8, 4) is 0 Å². The molecule has 4 saturated carbocycles. The molecular formula is C27H45NaO9S. The molecule has 0 aromatic rings. The number of aliphatic hydroxyl groups excluding tert-OH is 3. The summed E-state index contributed by atoms with van der Waals surface area (Å²) >= 11 is 0. The Balaban J connectivity index is 0.00000400. The SMILES string of the molecule is C[C@H](/C=C/C[C@](C)(O)COS(=O)(=O)[O-])[C@H]1C[C@H](O)[C@H]2[C@@H]3C[C@@H](O)[C@@]4(O)C[C@@H](O)CC[C@]4(C)[C@H]3CC[C@@]21C.[Na+]. The summed E-state index contributed by atoms with van der Waals surface area (Å²) in [5, 5.41) is 54.8. The molecule has 0 spiro atoms. The first kappa shape index (κ1) is 32.9. The zero-order valence-corrected chi connectivity index (χ0v) is 26.2. The molecule has 4 fully saturated rings. The number of rotatable bonds is 7. The average Bonchev–Trinajstić information content (AvgIpc) is 3.05. The minimum atomic E-state index is -4.88. The molecule has 0 aromatic heterocycles. The van der Waals surface area contributed by atoms with Crippen LogP contribution in [0, 0.1) is 40.4 Å². The molecule has 4 aliphatic carbocycles. The van der Waals surface area contributed by atoms with E-state index in [0.29, 0.717) is 25.7 Å².